The molecule has 0 amide bonds. The molecule has 4 nitrogen and oxygen atoms in total. The number of nitrogens with one attached hydrogen (secondary N) is 1. The molecular weight excluding hydrogens is 328 g/mol. The molecule has 0 spiro atoms. The zero-order chi connectivity index (χ0) is 15.6. The fraction of sp³-hybridized carbons (Fsp3) is 0.812. The van der Waals surface area contributed by atoms with Gasteiger partial charge in [0.15, 0.2) is 0 Å². The van der Waals surface area contributed by atoms with Crippen LogP contribution in [-0.2, 0) is 20.0 Å². The van der Waals surface area contributed by atoms with Crippen molar-refractivity contribution in [2.45, 2.75) is 59.2 Å². The van der Waals surface area contributed by atoms with E-state index in [2.05, 4.69) is 66.0 Å². The highest BCUT2D eigenvalue weighted by atomic mass is 79.9. The zero-order valence-corrected chi connectivity index (χ0v) is 15.6. The Balaban J connectivity index is 2.19. The standard InChI is InChI=1S/C16H29BrN4/c1-6-12-9-21(14(8-18-12)11(3)4)10-15-16(17)13(7-2)19-20(15)5/h11-12,14,18H,6-10H2,1-5H3. The summed E-state index contributed by atoms with van der Waals surface area (Å²) in [5.74, 6) is 0.660. The van der Waals surface area contributed by atoms with Gasteiger partial charge in [0, 0.05) is 38.8 Å². The van der Waals surface area contributed by atoms with Crippen LogP contribution in [0.4, 0.5) is 0 Å². The van der Waals surface area contributed by atoms with Crippen molar-refractivity contribution in [3.05, 3.63) is 15.9 Å². The molecule has 1 aliphatic rings. The van der Waals surface area contributed by atoms with Crippen LogP contribution in [0.25, 0.3) is 0 Å². The lowest BCUT2D eigenvalue weighted by atomic mass is 9.97. The lowest BCUT2D eigenvalue weighted by molar-refractivity contribution is 0.0874. The highest BCUT2D eigenvalue weighted by molar-refractivity contribution is 9.10. The van der Waals surface area contributed by atoms with Crippen molar-refractivity contribution in [1.82, 2.24) is 20.0 Å². The minimum Gasteiger partial charge on any atom is -0.311 e. The summed E-state index contributed by atoms with van der Waals surface area (Å²) >= 11 is 3.75. The molecule has 0 radical (unpaired) electrons. The Morgan fingerprint density at radius 2 is 2.10 bits per heavy atom. The number of piperazine rings is 1. The second-order valence-corrected chi connectivity index (χ2v) is 7.23. The van der Waals surface area contributed by atoms with E-state index in [0.29, 0.717) is 18.0 Å². The molecule has 21 heavy (non-hydrogen) atoms. The van der Waals surface area contributed by atoms with Crippen molar-refractivity contribution in [3.8, 4) is 0 Å². The van der Waals surface area contributed by atoms with Gasteiger partial charge in [0.1, 0.15) is 0 Å². The van der Waals surface area contributed by atoms with Crippen LogP contribution in [-0.4, -0.2) is 39.9 Å². The highest BCUT2D eigenvalue weighted by Gasteiger charge is 2.30. The molecule has 0 saturated carbocycles. The fourth-order valence-corrected chi connectivity index (χ4v) is 3.94. The van der Waals surface area contributed by atoms with Crippen LogP contribution in [0.1, 0.15) is 45.5 Å². The summed E-state index contributed by atoms with van der Waals surface area (Å²) in [6.45, 7) is 12.3. The minimum atomic E-state index is 0.597. The maximum Gasteiger partial charge on any atom is 0.0767 e. The van der Waals surface area contributed by atoms with Crippen LogP contribution in [0, 0.1) is 5.92 Å². The van der Waals surface area contributed by atoms with Gasteiger partial charge in [-0.15, -0.1) is 0 Å². The van der Waals surface area contributed by atoms with Gasteiger partial charge < -0.3 is 5.32 Å². The van der Waals surface area contributed by atoms with Crippen molar-refractivity contribution < 1.29 is 0 Å². The van der Waals surface area contributed by atoms with E-state index in [1.54, 1.807) is 0 Å². The number of nitrogens with zero attached hydrogens (tertiary/aromatic N) is 3. The second-order valence-electron chi connectivity index (χ2n) is 6.44. The van der Waals surface area contributed by atoms with Crippen molar-refractivity contribution in [1.29, 1.82) is 0 Å². The van der Waals surface area contributed by atoms with Gasteiger partial charge in [-0.25, -0.2) is 0 Å². The summed E-state index contributed by atoms with van der Waals surface area (Å²) in [4.78, 5) is 2.64. The molecule has 2 atom stereocenters. The van der Waals surface area contributed by atoms with Gasteiger partial charge in [-0.1, -0.05) is 27.7 Å². The number of aromatic nitrogens is 2. The summed E-state index contributed by atoms with van der Waals surface area (Å²) in [5, 5.41) is 8.32. The van der Waals surface area contributed by atoms with Crippen molar-refractivity contribution in [3.63, 3.8) is 0 Å². The molecule has 2 heterocycles. The Labute approximate surface area is 137 Å². The lowest BCUT2D eigenvalue weighted by Gasteiger charge is -2.42. The van der Waals surface area contributed by atoms with E-state index >= 15 is 0 Å². The number of hydrogen-bond donors (Lipinski definition) is 1. The number of rotatable bonds is 5. The van der Waals surface area contributed by atoms with Crippen LogP contribution in [0.15, 0.2) is 4.47 Å². The Bertz CT molecular complexity index is 469. The molecule has 2 unspecified atom stereocenters. The van der Waals surface area contributed by atoms with Crippen LogP contribution in [0.5, 0.6) is 0 Å². The lowest BCUT2D eigenvalue weighted by Crippen LogP contribution is -2.57. The minimum absolute atomic E-state index is 0.597. The van der Waals surface area contributed by atoms with Gasteiger partial charge in [-0.2, -0.15) is 5.10 Å². The average Bonchev–Trinajstić information content (AvgIpc) is 2.74. The summed E-state index contributed by atoms with van der Waals surface area (Å²) in [7, 11) is 2.06. The van der Waals surface area contributed by atoms with Crippen LogP contribution < -0.4 is 5.32 Å². The van der Waals surface area contributed by atoms with Gasteiger partial charge in [-0.05, 0) is 34.7 Å². The molecule has 0 aromatic carbocycles. The van der Waals surface area contributed by atoms with E-state index in [4.69, 9.17) is 0 Å². The van der Waals surface area contributed by atoms with E-state index in [1.807, 2.05) is 4.68 Å². The first kappa shape index (κ1) is 17.0. The molecule has 1 aromatic heterocycles. The number of halogens is 1. The third-order valence-corrected chi connectivity index (χ3v) is 5.57. The first-order valence-corrected chi connectivity index (χ1v) is 8.94. The Hall–Kier alpha value is -0.390. The third-order valence-electron chi connectivity index (χ3n) is 4.66. The van der Waals surface area contributed by atoms with E-state index in [0.717, 1.165) is 31.7 Å². The smallest absolute Gasteiger partial charge is 0.0767 e. The van der Waals surface area contributed by atoms with Crippen molar-refractivity contribution in [2.24, 2.45) is 13.0 Å². The van der Waals surface area contributed by atoms with Crippen molar-refractivity contribution in [2.75, 3.05) is 13.1 Å². The van der Waals surface area contributed by atoms with Crippen LogP contribution in [0.2, 0.25) is 0 Å². The predicted octanol–water partition coefficient (Wildman–Crippen LogP) is 2.95. The molecule has 0 bridgehead atoms. The largest absolute Gasteiger partial charge is 0.311 e. The molecule has 5 heteroatoms. The molecule has 120 valence electrons. The van der Waals surface area contributed by atoms with Gasteiger partial charge >= 0.3 is 0 Å². The maximum absolute atomic E-state index is 4.63. The topological polar surface area (TPSA) is 33.1 Å². The molecule has 1 aliphatic heterocycles. The monoisotopic (exact) mass is 356 g/mol. The maximum atomic E-state index is 4.63. The Kier molecular flexibility index (Phi) is 5.86. The van der Waals surface area contributed by atoms with E-state index in [9.17, 15) is 0 Å². The van der Waals surface area contributed by atoms with Crippen LogP contribution >= 0.6 is 15.9 Å². The molecule has 1 N–H and O–H groups in total. The average molecular weight is 357 g/mol. The summed E-state index contributed by atoms with van der Waals surface area (Å²) in [5.41, 5.74) is 2.46. The fourth-order valence-electron chi connectivity index (χ4n) is 3.20. The van der Waals surface area contributed by atoms with E-state index in [-0.39, 0.29) is 0 Å². The third kappa shape index (κ3) is 3.69. The molecule has 1 saturated heterocycles. The number of hydrogen-bond acceptors (Lipinski definition) is 3. The van der Waals surface area contributed by atoms with E-state index < -0.39 is 0 Å². The van der Waals surface area contributed by atoms with Gasteiger partial charge in [0.05, 0.1) is 15.9 Å². The summed E-state index contributed by atoms with van der Waals surface area (Å²) in [6, 6.07) is 1.21. The highest BCUT2D eigenvalue weighted by Crippen LogP contribution is 2.26. The molecule has 1 aromatic rings. The molecular formula is C16H29BrN4. The Morgan fingerprint density at radius 3 is 2.62 bits per heavy atom. The van der Waals surface area contributed by atoms with Gasteiger partial charge in [0.2, 0.25) is 0 Å². The quantitative estimate of drug-likeness (QED) is 0.880. The molecule has 0 aliphatic carbocycles. The first-order valence-electron chi connectivity index (χ1n) is 8.15. The van der Waals surface area contributed by atoms with Crippen LogP contribution in [0.3, 0.4) is 0 Å². The zero-order valence-electron chi connectivity index (χ0n) is 14.0. The normalized spacial score (nSPS) is 24.0. The first-order chi connectivity index (χ1) is 9.97. The molecule has 2 rings (SSSR count). The predicted molar refractivity (Wildman–Crippen MR) is 91.4 cm³/mol. The summed E-state index contributed by atoms with van der Waals surface area (Å²) < 4.78 is 3.24. The SMILES string of the molecule is CCc1nn(C)c(CN2CC(CC)NCC2C(C)C)c1Br. The second kappa shape index (κ2) is 7.25. The number of aryl methyl sites for hydroxylation is 2. The van der Waals surface area contributed by atoms with Gasteiger partial charge in [0.25, 0.3) is 0 Å². The molecule has 1 fully saturated rings. The van der Waals surface area contributed by atoms with E-state index in [1.165, 1.54) is 16.6 Å². The summed E-state index contributed by atoms with van der Waals surface area (Å²) in [6.07, 6.45) is 2.16. The van der Waals surface area contributed by atoms with Crippen molar-refractivity contribution >= 4 is 15.9 Å². The van der Waals surface area contributed by atoms with Gasteiger partial charge in [-0.3, -0.25) is 9.58 Å². The Morgan fingerprint density at radius 1 is 1.38 bits per heavy atom.